The molecule has 0 saturated carbocycles. The van der Waals surface area contributed by atoms with Gasteiger partial charge in [-0.05, 0) is 43.9 Å². The lowest BCUT2D eigenvalue weighted by molar-refractivity contribution is -0.132. The highest BCUT2D eigenvalue weighted by Gasteiger charge is 2.40. The van der Waals surface area contributed by atoms with Crippen molar-refractivity contribution >= 4 is 35.0 Å². The Morgan fingerprint density at radius 1 is 1.07 bits per heavy atom. The third kappa shape index (κ3) is 5.94. The largest absolute Gasteiger partial charge is 0.368 e. The van der Waals surface area contributed by atoms with E-state index in [1.165, 1.54) is 11.6 Å². The molecule has 1 aromatic carbocycles. The van der Waals surface area contributed by atoms with Gasteiger partial charge in [0.25, 0.3) is 11.8 Å². The average Bonchev–Trinajstić information content (AvgIpc) is 3.26. The summed E-state index contributed by atoms with van der Waals surface area (Å²) in [4.78, 5) is 43.7. The lowest BCUT2D eigenvalue weighted by Crippen LogP contribution is -2.50. The summed E-state index contributed by atoms with van der Waals surface area (Å²) in [5, 5.41) is 8.04. The minimum atomic E-state index is -2.92. The summed E-state index contributed by atoms with van der Waals surface area (Å²) >= 11 is 6.29. The Hall–Kier alpha value is -3.21. The van der Waals surface area contributed by atoms with E-state index in [9.17, 15) is 23.2 Å². The molecule has 5 rings (SSSR count). The summed E-state index contributed by atoms with van der Waals surface area (Å²) in [5.74, 6) is -3.59. The number of hydrogen-bond acceptors (Lipinski definition) is 5. The SMILES string of the molecule is CC(=O)NC1CCN(C(=O)c2nn(CC(=O)N3CCN(c4cccc(Cl)c4C)CC3)c3c2CC(F)(F)CC3)CC1. The van der Waals surface area contributed by atoms with E-state index < -0.39 is 18.3 Å². The summed E-state index contributed by atoms with van der Waals surface area (Å²) in [6.45, 7) is 6.46. The Kier molecular flexibility index (Phi) is 8.03. The molecule has 0 bridgehead atoms. The molecule has 1 aliphatic carbocycles. The Bertz CT molecular complexity index is 1300. The highest BCUT2D eigenvalue weighted by Crippen LogP contribution is 2.35. The first-order valence-corrected chi connectivity index (χ1v) is 14.2. The summed E-state index contributed by atoms with van der Waals surface area (Å²) in [7, 11) is 0. The van der Waals surface area contributed by atoms with Crippen molar-refractivity contribution in [2.24, 2.45) is 0 Å². The third-order valence-electron chi connectivity index (χ3n) is 8.22. The van der Waals surface area contributed by atoms with E-state index in [0.29, 0.717) is 62.8 Å². The minimum absolute atomic E-state index is 0.0152. The van der Waals surface area contributed by atoms with Gasteiger partial charge in [0.1, 0.15) is 6.54 Å². The molecule has 3 amide bonds. The number of nitrogens with one attached hydrogen (secondary N) is 1. The Balaban J connectivity index is 1.28. The number of halogens is 3. The number of benzene rings is 1. The van der Waals surface area contributed by atoms with E-state index in [2.05, 4.69) is 15.3 Å². The zero-order chi connectivity index (χ0) is 28.6. The topological polar surface area (TPSA) is 90.8 Å². The fourth-order valence-corrected chi connectivity index (χ4v) is 6.15. The average molecular weight is 577 g/mol. The summed E-state index contributed by atoms with van der Waals surface area (Å²) in [6.07, 6.45) is 0.334. The predicted octanol–water partition coefficient (Wildman–Crippen LogP) is 3.06. The second kappa shape index (κ2) is 11.3. The number of rotatable bonds is 5. The van der Waals surface area contributed by atoms with Crippen LogP contribution in [-0.4, -0.2) is 88.5 Å². The summed E-state index contributed by atoms with van der Waals surface area (Å²) in [6, 6.07) is 5.77. The normalized spacial score (nSPS) is 19.4. The maximum Gasteiger partial charge on any atom is 0.274 e. The molecule has 2 aliphatic heterocycles. The predicted molar refractivity (Wildman–Crippen MR) is 147 cm³/mol. The molecule has 0 atom stereocenters. The lowest BCUT2D eigenvalue weighted by atomic mass is 9.92. The van der Waals surface area contributed by atoms with Crippen molar-refractivity contribution in [3.8, 4) is 0 Å². The number of amides is 3. The van der Waals surface area contributed by atoms with E-state index in [1.807, 2.05) is 25.1 Å². The van der Waals surface area contributed by atoms with Crippen molar-refractivity contribution in [3.05, 3.63) is 45.7 Å². The minimum Gasteiger partial charge on any atom is -0.368 e. The number of anilines is 1. The molecule has 2 saturated heterocycles. The van der Waals surface area contributed by atoms with Crippen molar-refractivity contribution in [1.82, 2.24) is 24.9 Å². The Labute approximate surface area is 237 Å². The second-order valence-electron chi connectivity index (χ2n) is 11.0. The van der Waals surface area contributed by atoms with E-state index in [1.54, 1.807) is 9.80 Å². The first-order valence-electron chi connectivity index (χ1n) is 13.8. The highest BCUT2D eigenvalue weighted by atomic mass is 35.5. The molecule has 3 aliphatic rings. The highest BCUT2D eigenvalue weighted by molar-refractivity contribution is 6.31. The fourth-order valence-electron chi connectivity index (χ4n) is 5.98. The van der Waals surface area contributed by atoms with Gasteiger partial charge in [-0.1, -0.05) is 17.7 Å². The van der Waals surface area contributed by atoms with Crippen LogP contribution in [0.2, 0.25) is 5.02 Å². The van der Waals surface area contributed by atoms with Crippen LogP contribution in [0.3, 0.4) is 0 Å². The molecule has 0 spiro atoms. The van der Waals surface area contributed by atoms with Gasteiger partial charge in [-0.15, -0.1) is 0 Å². The number of fused-ring (bicyclic) bond motifs is 1. The van der Waals surface area contributed by atoms with Crippen molar-refractivity contribution < 1.29 is 23.2 Å². The van der Waals surface area contributed by atoms with Crippen LogP contribution in [0, 0.1) is 6.92 Å². The van der Waals surface area contributed by atoms with Gasteiger partial charge in [0.2, 0.25) is 11.8 Å². The number of piperidine rings is 1. The number of hydrogen-bond donors (Lipinski definition) is 1. The van der Waals surface area contributed by atoms with Crippen LogP contribution >= 0.6 is 11.6 Å². The van der Waals surface area contributed by atoms with E-state index in [-0.39, 0.29) is 48.5 Å². The number of carbonyl (C=O) groups is 3. The molecule has 2 aromatic rings. The zero-order valence-electron chi connectivity index (χ0n) is 22.9. The Morgan fingerprint density at radius 3 is 2.45 bits per heavy atom. The second-order valence-corrected chi connectivity index (χ2v) is 11.4. The number of carbonyl (C=O) groups excluding carboxylic acids is 3. The lowest BCUT2D eigenvalue weighted by Gasteiger charge is -2.37. The van der Waals surface area contributed by atoms with Gasteiger partial charge in [0.15, 0.2) is 5.69 Å². The van der Waals surface area contributed by atoms with Crippen molar-refractivity contribution in [2.45, 2.75) is 64.5 Å². The number of aromatic nitrogens is 2. The molecule has 12 heteroatoms. The van der Waals surface area contributed by atoms with Gasteiger partial charge < -0.3 is 20.0 Å². The van der Waals surface area contributed by atoms with Crippen LogP contribution in [0.15, 0.2) is 18.2 Å². The van der Waals surface area contributed by atoms with Gasteiger partial charge in [-0.3, -0.25) is 19.1 Å². The molecule has 1 aromatic heterocycles. The number of piperazine rings is 1. The molecule has 3 heterocycles. The maximum absolute atomic E-state index is 14.4. The van der Waals surface area contributed by atoms with Gasteiger partial charge in [-0.2, -0.15) is 5.10 Å². The van der Waals surface area contributed by atoms with Crippen LogP contribution < -0.4 is 10.2 Å². The molecule has 40 heavy (non-hydrogen) atoms. The molecule has 0 radical (unpaired) electrons. The Morgan fingerprint density at radius 2 is 1.77 bits per heavy atom. The van der Waals surface area contributed by atoms with Gasteiger partial charge in [-0.25, -0.2) is 8.78 Å². The van der Waals surface area contributed by atoms with Crippen LogP contribution in [-0.2, 0) is 29.0 Å². The van der Waals surface area contributed by atoms with Gasteiger partial charge in [0.05, 0.1) is 0 Å². The van der Waals surface area contributed by atoms with Crippen molar-refractivity contribution in [1.29, 1.82) is 0 Å². The standard InChI is InChI=1S/C28H35ClF2N6O3/c1-18-22(29)4-3-5-23(18)34-12-14-35(15-13-34)25(39)17-37-24-6-9-28(30,31)16-21(24)26(33-37)27(40)36-10-7-20(8-11-36)32-19(2)38/h3-5,20H,6-17H2,1-2H3,(H,32,38). The van der Waals surface area contributed by atoms with Crippen LogP contribution in [0.25, 0.3) is 0 Å². The number of alkyl halides is 2. The molecule has 1 N–H and O–H groups in total. The number of likely N-dealkylation sites (tertiary alicyclic amines) is 1. The first-order chi connectivity index (χ1) is 19.0. The molecule has 9 nitrogen and oxygen atoms in total. The van der Waals surface area contributed by atoms with E-state index >= 15 is 0 Å². The quantitative estimate of drug-likeness (QED) is 0.591. The third-order valence-corrected chi connectivity index (χ3v) is 8.63. The first kappa shape index (κ1) is 28.3. The van der Waals surface area contributed by atoms with Crippen molar-refractivity contribution in [3.63, 3.8) is 0 Å². The molecular weight excluding hydrogens is 542 g/mol. The van der Waals surface area contributed by atoms with Crippen molar-refractivity contribution in [2.75, 3.05) is 44.2 Å². The van der Waals surface area contributed by atoms with Gasteiger partial charge in [0, 0.05) is 87.0 Å². The number of nitrogens with zero attached hydrogens (tertiary/aromatic N) is 5. The summed E-state index contributed by atoms with van der Waals surface area (Å²) in [5.41, 5.74) is 2.86. The monoisotopic (exact) mass is 576 g/mol. The molecule has 0 unspecified atom stereocenters. The maximum atomic E-state index is 14.4. The van der Waals surface area contributed by atoms with Crippen LogP contribution in [0.4, 0.5) is 14.5 Å². The summed E-state index contributed by atoms with van der Waals surface area (Å²) < 4.78 is 30.4. The molecule has 2 fully saturated rings. The van der Waals surface area contributed by atoms with Gasteiger partial charge >= 0.3 is 0 Å². The fraction of sp³-hybridized carbons (Fsp3) is 0.571. The van der Waals surface area contributed by atoms with Crippen LogP contribution in [0.5, 0.6) is 0 Å². The van der Waals surface area contributed by atoms with E-state index in [4.69, 9.17) is 11.6 Å². The van der Waals surface area contributed by atoms with Crippen LogP contribution in [0.1, 0.15) is 53.5 Å². The van der Waals surface area contributed by atoms with E-state index in [0.717, 1.165) is 11.3 Å². The smallest absolute Gasteiger partial charge is 0.274 e. The zero-order valence-corrected chi connectivity index (χ0v) is 23.6. The molecular formula is C28H35ClF2N6O3. The molecule has 216 valence electrons.